The summed E-state index contributed by atoms with van der Waals surface area (Å²) in [7, 11) is 0. The lowest BCUT2D eigenvalue weighted by molar-refractivity contribution is -0.149. The lowest BCUT2D eigenvalue weighted by Crippen LogP contribution is -2.39. The third-order valence-electron chi connectivity index (χ3n) is 4.48. The van der Waals surface area contributed by atoms with E-state index in [9.17, 15) is 9.59 Å². The molecule has 0 aromatic heterocycles. The highest BCUT2D eigenvalue weighted by Crippen LogP contribution is 2.34. The van der Waals surface area contributed by atoms with E-state index in [1.54, 1.807) is 0 Å². The minimum Gasteiger partial charge on any atom is -0.481 e. The molecular weight excluding hydrogens is 230 g/mol. The molecular formula is C14H23NO3. The van der Waals surface area contributed by atoms with Crippen molar-refractivity contribution in [3.8, 4) is 0 Å². The second-order valence-corrected chi connectivity index (χ2v) is 5.84. The van der Waals surface area contributed by atoms with Gasteiger partial charge in [-0.3, -0.25) is 9.59 Å². The highest BCUT2D eigenvalue weighted by molar-refractivity contribution is 5.85. The van der Waals surface area contributed by atoms with Crippen molar-refractivity contribution in [1.82, 2.24) is 4.90 Å². The zero-order valence-corrected chi connectivity index (χ0v) is 11.1. The van der Waals surface area contributed by atoms with E-state index in [1.807, 2.05) is 4.90 Å². The van der Waals surface area contributed by atoms with E-state index in [1.165, 1.54) is 6.42 Å². The molecule has 1 saturated heterocycles. The molecule has 18 heavy (non-hydrogen) atoms. The van der Waals surface area contributed by atoms with Crippen molar-refractivity contribution in [2.75, 3.05) is 13.1 Å². The van der Waals surface area contributed by atoms with Crippen LogP contribution in [0.25, 0.3) is 0 Å². The lowest BCUT2D eigenvalue weighted by Gasteiger charge is -2.26. The summed E-state index contributed by atoms with van der Waals surface area (Å²) in [5, 5.41) is 9.16. The van der Waals surface area contributed by atoms with Gasteiger partial charge in [0, 0.05) is 13.1 Å². The number of carbonyl (C=O) groups excluding carboxylic acids is 1. The second kappa shape index (κ2) is 5.72. The van der Waals surface area contributed by atoms with Gasteiger partial charge in [0.05, 0.1) is 11.8 Å². The molecule has 4 nitrogen and oxygen atoms in total. The molecule has 0 aromatic rings. The number of carboxylic acid groups (broad SMARTS) is 1. The average molecular weight is 253 g/mol. The third kappa shape index (κ3) is 2.85. The van der Waals surface area contributed by atoms with Gasteiger partial charge in [0.2, 0.25) is 5.91 Å². The van der Waals surface area contributed by atoms with Crippen LogP contribution >= 0.6 is 0 Å². The Hall–Kier alpha value is -1.06. The smallest absolute Gasteiger partial charge is 0.307 e. The fourth-order valence-electron chi connectivity index (χ4n) is 3.27. The molecule has 102 valence electrons. The van der Waals surface area contributed by atoms with E-state index in [0.717, 1.165) is 38.8 Å². The zero-order valence-electron chi connectivity index (χ0n) is 11.1. The quantitative estimate of drug-likeness (QED) is 0.820. The summed E-state index contributed by atoms with van der Waals surface area (Å²) in [6, 6.07) is 0. The first-order valence-electron chi connectivity index (χ1n) is 7.11. The molecule has 1 amide bonds. The Kier molecular flexibility index (Phi) is 4.25. The monoisotopic (exact) mass is 253 g/mol. The largest absolute Gasteiger partial charge is 0.481 e. The third-order valence-corrected chi connectivity index (χ3v) is 4.48. The summed E-state index contributed by atoms with van der Waals surface area (Å²) < 4.78 is 0. The molecule has 2 fully saturated rings. The van der Waals surface area contributed by atoms with E-state index in [2.05, 4.69) is 6.92 Å². The van der Waals surface area contributed by atoms with Crippen LogP contribution in [0.3, 0.4) is 0 Å². The highest BCUT2D eigenvalue weighted by Gasteiger charge is 2.39. The van der Waals surface area contributed by atoms with Crippen LogP contribution in [0, 0.1) is 17.8 Å². The predicted octanol–water partition coefficient (Wildman–Crippen LogP) is 2.14. The van der Waals surface area contributed by atoms with Crippen LogP contribution in [0.2, 0.25) is 0 Å². The van der Waals surface area contributed by atoms with Gasteiger partial charge in [-0.1, -0.05) is 13.3 Å². The Morgan fingerprint density at radius 3 is 2.44 bits per heavy atom. The Morgan fingerprint density at radius 1 is 1.00 bits per heavy atom. The van der Waals surface area contributed by atoms with Gasteiger partial charge in [0.25, 0.3) is 0 Å². The maximum Gasteiger partial charge on any atom is 0.307 e. The van der Waals surface area contributed by atoms with E-state index in [4.69, 9.17) is 5.11 Å². The summed E-state index contributed by atoms with van der Waals surface area (Å²) in [6.45, 7) is 3.85. The van der Waals surface area contributed by atoms with Crippen LogP contribution in [0.4, 0.5) is 0 Å². The molecule has 1 aliphatic carbocycles. The van der Waals surface area contributed by atoms with Gasteiger partial charge in [0.1, 0.15) is 0 Å². The van der Waals surface area contributed by atoms with E-state index in [0.29, 0.717) is 12.3 Å². The fourth-order valence-corrected chi connectivity index (χ4v) is 3.27. The van der Waals surface area contributed by atoms with E-state index < -0.39 is 11.9 Å². The number of carbonyl (C=O) groups is 2. The van der Waals surface area contributed by atoms with Gasteiger partial charge >= 0.3 is 5.97 Å². The Balaban J connectivity index is 1.99. The standard InChI is InChI=1S/C14H23NO3/c1-10-4-3-8-15(9-7-10)13(16)11-5-2-6-12(11)14(17)18/h10-12H,2-9H2,1H3,(H,17,18). The zero-order chi connectivity index (χ0) is 13.1. The molecule has 2 rings (SSSR count). The molecule has 0 aromatic carbocycles. The fraction of sp³-hybridized carbons (Fsp3) is 0.857. The van der Waals surface area contributed by atoms with Crippen LogP contribution in [-0.4, -0.2) is 35.0 Å². The molecule has 0 spiro atoms. The van der Waals surface area contributed by atoms with Crippen molar-refractivity contribution >= 4 is 11.9 Å². The maximum absolute atomic E-state index is 12.4. The predicted molar refractivity (Wildman–Crippen MR) is 68.1 cm³/mol. The van der Waals surface area contributed by atoms with Gasteiger partial charge in [-0.05, 0) is 38.0 Å². The number of aliphatic carboxylic acids is 1. The first-order valence-corrected chi connectivity index (χ1v) is 7.11. The normalized spacial score (nSPS) is 33.2. The maximum atomic E-state index is 12.4. The highest BCUT2D eigenvalue weighted by atomic mass is 16.4. The molecule has 1 saturated carbocycles. The van der Waals surface area contributed by atoms with Crippen molar-refractivity contribution in [2.45, 2.75) is 45.4 Å². The van der Waals surface area contributed by atoms with Gasteiger partial charge in [-0.25, -0.2) is 0 Å². The van der Waals surface area contributed by atoms with Crippen molar-refractivity contribution in [1.29, 1.82) is 0 Å². The summed E-state index contributed by atoms with van der Waals surface area (Å²) in [5.74, 6) is -0.737. The van der Waals surface area contributed by atoms with Crippen molar-refractivity contribution in [2.24, 2.45) is 17.8 Å². The first-order chi connectivity index (χ1) is 8.59. The van der Waals surface area contributed by atoms with Gasteiger partial charge in [-0.2, -0.15) is 0 Å². The summed E-state index contributed by atoms with van der Waals surface area (Å²) in [6.07, 6.45) is 5.57. The number of rotatable bonds is 2. The molecule has 1 heterocycles. The van der Waals surface area contributed by atoms with Crippen LogP contribution in [0.15, 0.2) is 0 Å². The number of nitrogens with zero attached hydrogens (tertiary/aromatic N) is 1. The van der Waals surface area contributed by atoms with Crippen LogP contribution in [0.5, 0.6) is 0 Å². The van der Waals surface area contributed by atoms with Crippen molar-refractivity contribution < 1.29 is 14.7 Å². The topological polar surface area (TPSA) is 57.6 Å². The molecule has 2 aliphatic rings. The minimum atomic E-state index is -0.797. The summed E-state index contributed by atoms with van der Waals surface area (Å²) in [5.41, 5.74) is 0. The lowest BCUT2D eigenvalue weighted by atomic mass is 9.94. The molecule has 0 bridgehead atoms. The number of amides is 1. The van der Waals surface area contributed by atoms with Crippen LogP contribution in [0.1, 0.15) is 45.4 Å². The molecule has 0 radical (unpaired) electrons. The van der Waals surface area contributed by atoms with Gasteiger partial charge in [-0.15, -0.1) is 0 Å². The Morgan fingerprint density at radius 2 is 1.72 bits per heavy atom. The SMILES string of the molecule is CC1CCCN(C(=O)C2CCCC2C(=O)O)CC1. The molecule has 3 unspecified atom stereocenters. The molecule has 3 atom stereocenters. The van der Waals surface area contributed by atoms with Gasteiger partial charge < -0.3 is 10.0 Å². The summed E-state index contributed by atoms with van der Waals surface area (Å²) >= 11 is 0. The molecule has 1 N–H and O–H groups in total. The number of hydrogen-bond acceptors (Lipinski definition) is 2. The average Bonchev–Trinajstić information content (AvgIpc) is 2.72. The number of carboxylic acids is 1. The van der Waals surface area contributed by atoms with Crippen LogP contribution in [-0.2, 0) is 9.59 Å². The molecule has 4 heteroatoms. The summed E-state index contributed by atoms with van der Waals surface area (Å²) in [4.78, 5) is 25.5. The molecule has 1 aliphatic heterocycles. The van der Waals surface area contributed by atoms with E-state index >= 15 is 0 Å². The number of hydrogen-bond donors (Lipinski definition) is 1. The minimum absolute atomic E-state index is 0.0917. The Bertz CT molecular complexity index is 329. The van der Waals surface area contributed by atoms with Crippen molar-refractivity contribution in [3.63, 3.8) is 0 Å². The van der Waals surface area contributed by atoms with Crippen molar-refractivity contribution in [3.05, 3.63) is 0 Å². The van der Waals surface area contributed by atoms with E-state index in [-0.39, 0.29) is 11.8 Å². The van der Waals surface area contributed by atoms with Gasteiger partial charge in [0.15, 0.2) is 0 Å². The van der Waals surface area contributed by atoms with Crippen LogP contribution < -0.4 is 0 Å². The first kappa shape index (κ1) is 13.4. The number of likely N-dealkylation sites (tertiary alicyclic amines) is 1. The second-order valence-electron chi connectivity index (χ2n) is 5.84. The Labute approximate surface area is 108 Å².